The maximum Gasteiger partial charge on any atom is 0.251 e. The Kier molecular flexibility index (Phi) is 7.70. The van der Waals surface area contributed by atoms with Gasteiger partial charge in [0.15, 0.2) is 0 Å². The zero-order chi connectivity index (χ0) is 22.2. The van der Waals surface area contributed by atoms with E-state index in [0.29, 0.717) is 17.9 Å². The molecule has 0 saturated heterocycles. The largest absolute Gasteiger partial charge is 0.491 e. The van der Waals surface area contributed by atoms with E-state index in [1.807, 2.05) is 62.8 Å². The molecule has 0 bridgehead atoms. The quantitative estimate of drug-likeness (QED) is 0.522. The number of aromatic nitrogens is 2. The molecule has 0 spiro atoms. The van der Waals surface area contributed by atoms with Crippen LogP contribution < -0.4 is 14.8 Å². The van der Waals surface area contributed by atoms with E-state index in [1.165, 1.54) is 5.56 Å². The van der Waals surface area contributed by atoms with Crippen molar-refractivity contribution >= 4 is 5.91 Å². The van der Waals surface area contributed by atoms with E-state index >= 15 is 0 Å². The smallest absolute Gasteiger partial charge is 0.251 e. The van der Waals surface area contributed by atoms with Gasteiger partial charge in [-0.3, -0.25) is 4.79 Å². The van der Waals surface area contributed by atoms with Gasteiger partial charge < -0.3 is 19.4 Å². The number of nitrogens with one attached hydrogen (secondary N) is 1. The van der Waals surface area contributed by atoms with Gasteiger partial charge in [0, 0.05) is 31.0 Å². The van der Waals surface area contributed by atoms with Gasteiger partial charge in [0.1, 0.15) is 23.9 Å². The highest BCUT2D eigenvalue weighted by atomic mass is 16.5. The molecule has 6 nitrogen and oxygen atoms in total. The lowest BCUT2D eigenvalue weighted by atomic mass is 10.1. The van der Waals surface area contributed by atoms with Crippen LogP contribution in [0.1, 0.15) is 48.9 Å². The first-order valence-electron chi connectivity index (χ1n) is 10.7. The number of imidazole rings is 1. The third-order valence-electron chi connectivity index (χ3n) is 4.94. The molecule has 0 radical (unpaired) electrons. The summed E-state index contributed by atoms with van der Waals surface area (Å²) >= 11 is 0. The Hall–Kier alpha value is -3.28. The van der Waals surface area contributed by atoms with Gasteiger partial charge in [-0.2, -0.15) is 0 Å². The summed E-state index contributed by atoms with van der Waals surface area (Å²) in [5.41, 5.74) is 1.85. The Labute approximate surface area is 184 Å². The monoisotopic (exact) mass is 421 g/mol. The lowest BCUT2D eigenvalue weighted by Gasteiger charge is -2.15. The van der Waals surface area contributed by atoms with Gasteiger partial charge in [-0.25, -0.2) is 4.98 Å². The number of rotatable bonds is 10. The third-order valence-corrected chi connectivity index (χ3v) is 4.94. The molecule has 3 aromatic rings. The Bertz CT molecular complexity index is 962. The van der Waals surface area contributed by atoms with E-state index < -0.39 is 0 Å². The number of hydrogen-bond donors (Lipinski definition) is 1. The molecular weight excluding hydrogens is 390 g/mol. The summed E-state index contributed by atoms with van der Waals surface area (Å²) in [5.74, 6) is 2.35. The first-order valence-corrected chi connectivity index (χ1v) is 10.7. The maximum atomic E-state index is 12.5. The molecule has 0 aliphatic heterocycles. The van der Waals surface area contributed by atoms with E-state index in [4.69, 9.17) is 9.47 Å². The van der Waals surface area contributed by atoms with Gasteiger partial charge >= 0.3 is 0 Å². The summed E-state index contributed by atoms with van der Waals surface area (Å²) in [6.07, 6.45) is 5.54. The van der Waals surface area contributed by atoms with Gasteiger partial charge in [0.25, 0.3) is 5.91 Å². The van der Waals surface area contributed by atoms with Gasteiger partial charge in [-0.1, -0.05) is 12.1 Å². The molecule has 164 valence electrons. The number of carbonyl (C=O) groups excluding carboxylic acids is 1. The second-order valence-electron chi connectivity index (χ2n) is 7.99. The topological polar surface area (TPSA) is 65.4 Å². The van der Waals surface area contributed by atoms with Crippen molar-refractivity contribution in [3.8, 4) is 11.5 Å². The van der Waals surface area contributed by atoms with Crippen molar-refractivity contribution in [2.75, 3.05) is 0 Å². The highest BCUT2D eigenvalue weighted by Crippen LogP contribution is 2.16. The lowest BCUT2D eigenvalue weighted by Crippen LogP contribution is -2.32. The highest BCUT2D eigenvalue weighted by molar-refractivity contribution is 5.94. The van der Waals surface area contributed by atoms with Crippen LogP contribution in [0.25, 0.3) is 0 Å². The van der Waals surface area contributed by atoms with Crippen LogP contribution in [-0.2, 0) is 20.1 Å². The fourth-order valence-corrected chi connectivity index (χ4v) is 3.16. The number of nitrogens with zero attached hydrogens (tertiary/aromatic N) is 2. The van der Waals surface area contributed by atoms with Crippen LogP contribution in [0.4, 0.5) is 0 Å². The maximum absolute atomic E-state index is 12.5. The van der Waals surface area contributed by atoms with Crippen molar-refractivity contribution in [1.82, 2.24) is 14.9 Å². The zero-order valence-corrected chi connectivity index (χ0v) is 18.7. The third kappa shape index (κ3) is 6.88. The number of amides is 1. The molecule has 1 atom stereocenters. The summed E-state index contributed by atoms with van der Waals surface area (Å²) in [4.78, 5) is 16.8. The van der Waals surface area contributed by atoms with Gasteiger partial charge in [0.2, 0.25) is 0 Å². The predicted molar refractivity (Wildman–Crippen MR) is 121 cm³/mol. The molecule has 6 heteroatoms. The molecule has 1 N–H and O–H groups in total. The Morgan fingerprint density at radius 1 is 1.03 bits per heavy atom. The van der Waals surface area contributed by atoms with Crippen molar-refractivity contribution in [3.63, 3.8) is 0 Å². The van der Waals surface area contributed by atoms with Crippen molar-refractivity contribution in [1.29, 1.82) is 0 Å². The average molecular weight is 422 g/mol. The molecule has 0 fully saturated rings. The average Bonchev–Trinajstić information content (AvgIpc) is 3.16. The molecule has 1 heterocycles. The molecule has 1 amide bonds. The first kappa shape index (κ1) is 22.4. The Morgan fingerprint density at radius 2 is 1.71 bits per heavy atom. The molecule has 1 aromatic heterocycles. The molecule has 0 saturated carbocycles. The van der Waals surface area contributed by atoms with Crippen molar-refractivity contribution in [3.05, 3.63) is 77.9 Å². The molecule has 0 aliphatic rings. The van der Waals surface area contributed by atoms with E-state index in [9.17, 15) is 4.79 Å². The molecular formula is C25H31N3O3. The van der Waals surface area contributed by atoms with Crippen LogP contribution in [0, 0.1) is 0 Å². The summed E-state index contributed by atoms with van der Waals surface area (Å²) < 4.78 is 13.3. The minimum absolute atomic E-state index is 0.0680. The number of carbonyl (C=O) groups is 1. The number of benzene rings is 2. The van der Waals surface area contributed by atoms with E-state index in [0.717, 1.165) is 24.4 Å². The van der Waals surface area contributed by atoms with Crippen LogP contribution in [0.5, 0.6) is 11.5 Å². The lowest BCUT2D eigenvalue weighted by molar-refractivity contribution is 0.0938. The molecule has 0 aliphatic carbocycles. The van der Waals surface area contributed by atoms with Crippen LogP contribution in [-0.4, -0.2) is 27.6 Å². The fourth-order valence-electron chi connectivity index (χ4n) is 3.16. The molecule has 31 heavy (non-hydrogen) atoms. The first-order chi connectivity index (χ1) is 14.9. The van der Waals surface area contributed by atoms with Crippen LogP contribution in [0.15, 0.2) is 60.9 Å². The highest BCUT2D eigenvalue weighted by Gasteiger charge is 2.11. The molecule has 3 rings (SSSR count). The van der Waals surface area contributed by atoms with E-state index in [2.05, 4.69) is 22.4 Å². The van der Waals surface area contributed by atoms with Gasteiger partial charge in [-0.05, 0) is 75.6 Å². The second-order valence-corrected chi connectivity index (χ2v) is 7.99. The second kappa shape index (κ2) is 10.7. The SMILES string of the molecule is CC(CCc1ccc(OC(C)C)cc1)NC(=O)c1ccc(OCc2nccn2C)cc1. The van der Waals surface area contributed by atoms with E-state index in [1.54, 1.807) is 18.3 Å². The van der Waals surface area contributed by atoms with Crippen LogP contribution >= 0.6 is 0 Å². The summed E-state index contributed by atoms with van der Waals surface area (Å²) in [6, 6.07) is 15.4. The standard InChI is InChI=1S/C25H31N3O3/c1-18(2)31-23-11-7-20(8-12-23)6-5-19(3)27-25(29)21-9-13-22(14-10-21)30-17-24-26-15-16-28(24)4/h7-16,18-19H,5-6,17H2,1-4H3,(H,27,29). The predicted octanol–water partition coefficient (Wildman–Crippen LogP) is 4.54. The minimum Gasteiger partial charge on any atom is -0.491 e. The minimum atomic E-state index is -0.0798. The van der Waals surface area contributed by atoms with Crippen LogP contribution in [0.2, 0.25) is 0 Å². The van der Waals surface area contributed by atoms with Crippen LogP contribution in [0.3, 0.4) is 0 Å². The fraction of sp³-hybridized carbons (Fsp3) is 0.360. The number of aryl methyl sites for hydroxylation is 2. The Morgan fingerprint density at radius 3 is 2.32 bits per heavy atom. The van der Waals surface area contributed by atoms with Gasteiger partial charge in [0.05, 0.1) is 6.10 Å². The Balaban J connectivity index is 1.44. The number of hydrogen-bond acceptors (Lipinski definition) is 4. The van der Waals surface area contributed by atoms with Crippen molar-refractivity contribution < 1.29 is 14.3 Å². The summed E-state index contributed by atoms with van der Waals surface area (Å²) in [6.45, 7) is 6.44. The van der Waals surface area contributed by atoms with Gasteiger partial charge in [-0.15, -0.1) is 0 Å². The normalized spacial score (nSPS) is 11.9. The molecule has 2 aromatic carbocycles. The van der Waals surface area contributed by atoms with E-state index in [-0.39, 0.29) is 18.1 Å². The van der Waals surface area contributed by atoms with Crippen molar-refractivity contribution in [2.24, 2.45) is 7.05 Å². The summed E-state index contributed by atoms with van der Waals surface area (Å²) in [7, 11) is 1.93. The van der Waals surface area contributed by atoms with Crippen molar-refractivity contribution in [2.45, 2.75) is 52.4 Å². The summed E-state index contributed by atoms with van der Waals surface area (Å²) in [5, 5.41) is 3.07. The molecule has 1 unspecified atom stereocenters. The zero-order valence-electron chi connectivity index (χ0n) is 18.7. The number of ether oxygens (including phenoxy) is 2.